The Morgan fingerprint density at radius 3 is 2.00 bits per heavy atom. The molecule has 0 heteroatoms. The van der Waals surface area contributed by atoms with Gasteiger partial charge in [0.2, 0.25) is 0 Å². The Bertz CT molecular complexity index is 122. The first-order valence-corrected chi connectivity index (χ1v) is 6.38. The standard InChI is InChI=1S/C14H28/c1-4-5-6-7-8-9-10-11-12-13-14(2)3/h4-5,14H,6-13H2,1-3H3/b5-4+. The lowest BCUT2D eigenvalue weighted by molar-refractivity contribution is 0.512. The Balaban J connectivity index is 2.92. The summed E-state index contributed by atoms with van der Waals surface area (Å²) in [5.41, 5.74) is 0. The second-order valence-corrected chi connectivity index (χ2v) is 4.66. The third-order valence-electron chi connectivity index (χ3n) is 2.64. The molecule has 0 spiro atoms. The van der Waals surface area contributed by atoms with Gasteiger partial charge in [-0.2, -0.15) is 0 Å². The molecule has 0 amide bonds. The monoisotopic (exact) mass is 196 g/mol. The third-order valence-corrected chi connectivity index (χ3v) is 2.64. The maximum Gasteiger partial charge on any atom is -0.0351 e. The van der Waals surface area contributed by atoms with Gasteiger partial charge in [-0.05, 0) is 25.7 Å². The SMILES string of the molecule is C/C=C/CCCCCCCCC(C)C. The van der Waals surface area contributed by atoms with E-state index in [1.54, 1.807) is 0 Å². The van der Waals surface area contributed by atoms with Crippen molar-refractivity contribution in [3.8, 4) is 0 Å². The topological polar surface area (TPSA) is 0 Å². The third kappa shape index (κ3) is 11.7. The van der Waals surface area contributed by atoms with Crippen molar-refractivity contribution >= 4 is 0 Å². The number of unbranched alkanes of at least 4 members (excludes halogenated alkanes) is 6. The summed E-state index contributed by atoms with van der Waals surface area (Å²) in [5, 5.41) is 0. The van der Waals surface area contributed by atoms with E-state index in [0.29, 0.717) is 0 Å². The Labute approximate surface area is 90.8 Å². The second-order valence-electron chi connectivity index (χ2n) is 4.66. The fourth-order valence-electron chi connectivity index (χ4n) is 1.69. The molecule has 0 N–H and O–H groups in total. The molecule has 0 aliphatic carbocycles. The zero-order chi connectivity index (χ0) is 10.6. The van der Waals surface area contributed by atoms with Crippen molar-refractivity contribution in [2.75, 3.05) is 0 Å². The number of hydrogen-bond acceptors (Lipinski definition) is 0. The molecule has 0 aliphatic rings. The van der Waals surface area contributed by atoms with Crippen LogP contribution in [0.4, 0.5) is 0 Å². The van der Waals surface area contributed by atoms with Gasteiger partial charge in [0.05, 0.1) is 0 Å². The van der Waals surface area contributed by atoms with E-state index < -0.39 is 0 Å². The highest BCUT2D eigenvalue weighted by molar-refractivity contribution is 4.76. The maximum absolute atomic E-state index is 2.32. The van der Waals surface area contributed by atoms with E-state index in [4.69, 9.17) is 0 Å². The summed E-state index contributed by atoms with van der Waals surface area (Å²) in [4.78, 5) is 0. The van der Waals surface area contributed by atoms with Crippen LogP contribution in [0.2, 0.25) is 0 Å². The molecular weight excluding hydrogens is 168 g/mol. The smallest absolute Gasteiger partial charge is 0.0351 e. The van der Waals surface area contributed by atoms with Crippen LogP contribution in [0.1, 0.15) is 72.1 Å². The molecule has 0 fully saturated rings. The summed E-state index contributed by atoms with van der Waals surface area (Å²) in [6, 6.07) is 0. The molecule has 14 heavy (non-hydrogen) atoms. The summed E-state index contributed by atoms with van der Waals surface area (Å²) in [5.74, 6) is 0.893. The van der Waals surface area contributed by atoms with Gasteiger partial charge in [0.15, 0.2) is 0 Å². The second kappa shape index (κ2) is 10.8. The van der Waals surface area contributed by atoms with Gasteiger partial charge in [-0.1, -0.05) is 64.5 Å². The van der Waals surface area contributed by atoms with Gasteiger partial charge in [0.1, 0.15) is 0 Å². The number of hydrogen-bond donors (Lipinski definition) is 0. The van der Waals surface area contributed by atoms with Crippen LogP contribution in [-0.2, 0) is 0 Å². The summed E-state index contributed by atoms with van der Waals surface area (Å²) in [6.45, 7) is 6.74. The number of rotatable bonds is 9. The van der Waals surface area contributed by atoms with Crippen LogP contribution in [0.3, 0.4) is 0 Å². The van der Waals surface area contributed by atoms with Crippen molar-refractivity contribution in [2.24, 2.45) is 5.92 Å². The Morgan fingerprint density at radius 2 is 1.43 bits per heavy atom. The first-order chi connectivity index (χ1) is 6.77. The van der Waals surface area contributed by atoms with Crippen LogP contribution in [0, 0.1) is 5.92 Å². The molecule has 0 aromatic rings. The molecule has 0 saturated carbocycles. The van der Waals surface area contributed by atoms with Gasteiger partial charge in [-0.25, -0.2) is 0 Å². The van der Waals surface area contributed by atoms with Gasteiger partial charge < -0.3 is 0 Å². The van der Waals surface area contributed by atoms with E-state index in [-0.39, 0.29) is 0 Å². The van der Waals surface area contributed by atoms with Crippen LogP contribution in [0.25, 0.3) is 0 Å². The van der Waals surface area contributed by atoms with Crippen LogP contribution in [0.15, 0.2) is 12.2 Å². The largest absolute Gasteiger partial charge is 0.0917 e. The quantitative estimate of drug-likeness (QED) is 0.345. The molecule has 0 bridgehead atoms. The molecule has 0 nitrogen and oxygen atoms in total. The van der Waals surface area contributed by atoms with Crippen molar-refractivity contribution in [3.63, 3.8) is 0 Å². The molecule has 0 aromatic carbocycles. The molecule has 0 radical (unpaired) electrons. The molecule has 0 atom stereocenters. The van der Waals surface area contributed by atoms with E-state index in [1.807, 2.05) is 0 Å². The zero-order valence-electron chi connectivity index (χ0n) is 10.4. The van der Waals surface area contributed by atoms with E-state index in [1.165, 1.54) is 51.4 Å². The average Bonchev–Trinajstić information content (AvgIpc) is 2.15. The minimum absolute atomic E-state index is 0.893. The Kier molecular flexibility index (Phi) is 10.6. The molecule has 0 heterocycles. The van der Waals surface area contributed by atoms with E-state index in [9.17, 15) is 0 Å². The normalized spacial score (nSPS) is 11.7. The van der Waals surface area contributed by atoms with E-state index in [2.05, 4.69) is 32.9 Å². The molecular formula is C14H28. The zero-order valence-corrected chi connectivity index (χ0v) is 10.4. The first-order valence-electron chi connectivity index (χ1n) is 6.38. The first kappa shape index (κ1) is 13.7. The molecule has 0 rings (SSSR count). The fourth-order valence-corrected chi connectivity index (χ4v) is 1.69. The molecule has 0 aromatic heterocycles. The fraction of sp³-hybridized carbons (Fsp3) is 0.857. The van der Waals surface area contributed by atoms with Crippen molar-refractivity contribution in [2.45, 2.75) is 72.1 Å². The minimum Gasteiger partial charge on any atom is -0.0917 e. The van der Waals surface area contributed by atoms with E-state index >= 15 is 0 Å². The lowest BCUT2D eigenvalue weighted by atomic mass is 10.0. The van der Waals surface area contributed by atoms with Gasteiger partial charge in [0, 0.05) is 0 Å². The molecule has 0 unspecified atom stereocenters. The predicted molar refractivity (Wildman–Crippen MR) is 66.6 cm³/mol. The van der Waals surface area contributed by atoms with Gasteiger partial charge in [-0.3, -0.25) is 0 Å². The Hall–Kier alpha value is -0.260. The number of allylic oxidation sites excluding steroid dienone is 2. The van der Waals surface area contributed by atoms with Crippen LogP contribution < -0.4 is 0 Å². The average molecular weight is 196 g/mol. The lowest BCUT2D eigenvalue weighted by Gasteiger charge is -2.03. The minimum atomic E-state index is 0.893. The summed E-state index contributed by atoms with van der Waals surface area (Å²) in [7, 11) is 0. The maximum atomic E-state index is 2.32. The Morgan fingerprint density at radius 1 is 0.857 bits per heavy atom. The highest BCUT2D eigenvalue weighted by Gasteiger charge is 1.94. The van der Waals surface area contributed by atoms with Crippen LogP contribution in [0.5, 0.6) is 0 Å². The summed E-state index contributed by atoms with van der Waals surface area (Å²) >= 11 is 0. The van der Waals surface area contributed by atoms with Crippen molar-refractivity contribution in [1.29, 1.82) is 0 Å². The highest BCUT2D eigenvalue weighted by atomic mass is 14.0. The van der Waals surface area contributed by atoms with Gasteiger partial charge >= 0.3 is 0 Å². The van der Waals surface area contributed by atoms with Gasteiger partial charge in [0.25, 0.3) is 0 Å². The van der Waals surface area contributed by atoms with Crippen molar-refractivity contribution in [1.82, 2.24) is 0 Å². The van der Waals surface area contributed by atoms with Crippen molar-refractivity contribution in [3.05, 3.63) is 12.2 Å². The van der Waals surface area contributed by atoms with Crippen LogP contribution in [-0.4, -0.2) is 0 Å². The van der Waals surface area contributed by atoms with Crippen molar-refractivity contribution < 1.29 is 0 Å². The lowest BCUT2D eigenvalue weighted by Crippen LogP contribution is -1.87. The highest BCUT2D eigenvalue weighted by Crippen LogP contribution is 2.11. The summed E-state index contributed by atoms with van der Waals surface area (Å²) < 4.78 is 0. The molecule has 0 saturated heterocycles. The predicted octanol–water partition coefficient (Wildman–Crippen LogP) is 5.34. The molecule has 84 valence electrons. The van der Waals surface area contributed by atoms with E-state index in [0.717, 1.165) is 5.92 Å². The van der Waals surface area contributed by atoms with Gasteiger partial charge in [-0.15, -0.1) is 0 Å². The van der Waals surface area contributed by atoms with Crippen LogP contribution >= 0.6 is 0 Å². The summed E-state index contributed by atoms with van der Waals surface area (Å²) in [6.07, 6.45) is 15.7. The molecule has 0 aliphatic heterocycles.